The van der Waals surface area contributed by atoms with Crippen LogP contribution in [0.3, 0.4) is 0 Å². The number of ether oxygens (including phenoxy) is 1. The number of methoxy groups -OCH3 is 1. The Labute approximate surface area is 130 Å². The Morgan fingerprint density at radius 1 is 1.23 bits per heavy atom. The molecule has 2 aromatic heterocycles. The molecule has 0 aliphatic heterocycles. The van der Waals surface area contributed by atoms with Gasteiger partial charge in [0, 0.05) is 23.3 Å². The van der Waals surface area contributed by atoms with Crippen LogP contribution in [0.25, 0.3) is 22.2 Å². The van der Waals surface area contributed by atoms with Gasteiger partial charge >= 0.3 is 5.97 Å². The summed E-state index contributed by atoms with van der Waals surface area (Å²) >= 11 is 5.98. The van der Waals surface area contributed by atoms with E-state index < -0.39 is 5.97 Å². The highest BCUT2D eigenvalue weighted by Crippen LogP contribution is 2.29. The van der Waals surface area contributed by atoms with Crippen molar-refractivity contribution in [2.24, 2.45) is 0 Å². The molecular formula is C15H11ClN4O2. The smallest absolute Gasteiger partial charge is 0.358 e. The first-order chi connectivity index (χ1) is 10.6. The number of nitrogen functional groups attached to an aromatic ring is 1. The van der Waals surface area contributed by atoms with Gasteiger partial charge in [0.15, 0.2) is 11.5 Å². The lowest BCUT2D eigenvalue weighted by Crippen LogP contribution is -2.10. The Morgan fingerprint density at radius 3 is 2.77 bits per heavy atom. The molecule has 7 heteroatoms. The van der Waals surface area contributed by atoms with E-state index in [1.807, 2.05) is 24.3 Å². The van der Waals surface area contributed by atoms with Gasteiger partial charge in [-0.25, -0.2) is 14.8 Å². The van der Waals surface area contributed by atoms with E-state index in [0.29, 0.717) is 5.56 Å². The van der Waals surface area contributed by atoms with Crippen LogP contribution in [0.15, 0.2) is 36.7 Å². The van der Waals surface area contributed by atoms with Crippen molar-refractivity contribution in [1.29, 1.82) is 0 Å². The number of rotatable bonds is 2. The summed E-state index contributed by atoms with van der Waals surface area (Å²) in [6.45, 7) is 0. The van der Waals surface area contributed by atoms with E-state index in [9.17, 15) is 4.79 Å². The second kappa shape index (κ2) is 5.57. The lowest BCUT2D eigenvalue weighted by atomic mass is 10.1. The van der Waals surface area contributed by atoms with Gasteiger partial charge in [-0.05, 0) is 5.39 Å². The summed E-state index contributed by atoms with van der Waals surface area (Å²) in [5.74, 6) is -0.389. The summed E-state index contributed by atoms with van der Waals surface area (Å²) in [4.78, 5) is 24.3. The molecule has 2 heterocycles. The topological polar surface area (TPSA) is 91.0 Å². The molecule has 3 rings (SSSR count). The predicted molar refractivity (Wildman–Crippen MR) is 83.5 cm³/mol. The Bertz CT molecular complexity index is 877. The summed E-state index contributed by atoms with van der Waals surface area (Å²) < 4.78 is 4.67. The Kier molecular flexibility index (Phi) is 3.60. The average Bonchev–Trinajstić information content (AvgIpc) is 2.56. The van der Waals surface area contributed by atoms with Gasteiger partial charge in [-0.3, -0.25) is 4.98 Å². The van der Waals surface area contributed by atoms with Gasteiger partial charge in [0.05, 0.1) is 7.11 Å². The van der Waals surface area contributed by atoms with Gasteiger partial charge in [0.1, 0.15) is 10.8 Å². The fourth-order valence-electron chi connectivity index (χ4n) is 2.11. The highest BCUT2D eigenvalue weighted by Gasteiger charge is 2.19. The molecular weight excluding hydrogens is 304 g/mol. The fourth-order valence-corrected chi connectivity index (χ4v) is 2.27. The van der Waals surface area contributed by atoms with Crippen molar-refractivity contribution in [1.82, 2.24) is 15.0 Å². The van der Waals surface area contributed by atoms with Crippen LogP contribution in [0.5, 0.6) is 0 Å². The number of esters is 1. The normalized spacial score (nSPS) is 10.6. The molecule has 110 valence electrons. The second-order valence-corrected chi connectivity index (χ2v) is 4.87. The lowest BCUT2D eigenvalue weighted by Gasteiger charge is -2.09. The third-order valence-corrected chi connectivity index (χ3v) is 3.54. The average molecular weight is 315 g/mol. The molecule has 6 nitrogen and oxygen atoms in total. The molecule has 0 amide bonds. The first-order valence-electron chi connectivity index (χ1n) is 6.36. The number of benzene rings is 1. The van der Waals surface area contributed by atoms with E-state index in [1.54, 1.807) is 12.4 Å². The van der Waals surface area contributed by atoms with Crippen LogP contribution >= 0.6 is 11.6 Å². The molecule has 0 aliphatic carbocycles. The number of hydrogen-bond donors (Lipinski definition) is 1. The maximum absolute atomic E-state index is 11.8. The fraction of sp³-hybridized carbons (Fsp3) is 0.0667. The molecule has 0 bridgehead atoms. The largest absolute Gasteiger partial charge is 0.464 e. The van der Waals surface area contributed by atoms with Gasteiger partial charge in [-0.1, -0.05) is 35.9 Å². The minimum absolute atomic E-state index is 0.0139. The summed E-state index contributed by atoms with van der Waals surface area (Å²) in [7, 11) is 1.25. The molecule has 0 saturated heterocycles. The van der Waals surface area contributed by atoms with E-state index in [2.05, 4.69) is 19.7 Å². The summed E-state index contributed by atoms with van der Waals surface area (Å²) in [6, 6.07) is 7.64. The van der Waals surface area contributed by atoms with Gasteiger partial charge in [-0.15, -0.1) is 0 Å². The molecule has 2 N–H and O–H groups in total. The standard InChI is InChI=1S/C15H11ClN4O2/c1-22-15(21)12-11(16)13(17)20-14(19-12)10-7-18-6-8-4-2-3-5-9(8)10/h2-7H,1H3,(H2,17,19,20). The van der Waals surface area contributed by atoms with Crippen molar-refractivity contribution in [2.45, 2.75) is 0 Å². The van der Waals surface area contributed by atoms with Crippen LogP contribution in [0.4, 0.5) is 5.82 Å². The van der Waals surface area contributed by atoms with Gasteiger partial charge in [0.25, 0.3) is 0 Å². The summed E-state index contributed by atoms with van der Waals surface area (Å²) in [5.41, 5.74) is 6.37. The van der Waals surface area contributed by atoms with Crippen molar-refractivity contribution in [3.05, 3.63) is 47.4 Å². The number of fused-ring (bicyclic) bond motifs is 1. The van der Waals surface area contributed by atoms with Crippen LogP contribution in [0, 0.1) is 0 Å². The first kappa shape index (κ1) is 14.2. The summed E-state index contributed by atoms with van der Waals surface area (Å²) in [5, 5.41) is 1.80. The third kappa shape index (κ3) is 2.33. The number of aromatic nitrogens is 3. The van der Waals surface area contributed by atoms with E-state index >= 15 is 0 Å². The number of carbonyl (C=O) groups is 1. The number of hydrogen-bond acceptors (Lipinski definition) is 6. The molecule has 0 aliphatic rings. The van der Waals surface area contributed by atoms with Gasteiger partial charge in [0.2, 0.25) is 0 Å². The highest BCUT2D eigenvalue weighted by molar-refractivity contribution is 6.35. The third-order valence-electron chi connectivity index (χ3n) is 3.16. The van der Waals surface area contributed by atoms with E-state index in [-0.39, 0.29) is 22.4 Å². The lowest BCUT2D eigenvalue weighted by molar-refractivity contribution is 0.0594. The molecule has 0 radical (unpaired) electrons. The molecule has 0 spiro atoms. The van der Waals surface area contributed by atoms with Crippen molar-refractivity contribution in [2.75, 3.05) is 12.8 Å². The van der Waals surface area contributed by atoms with Crippen molar-refractivity contribution in [3.63, 3.8) is 0 Å². The SMILES string of the molecule is COC(=O)c1nc(-c2cncc3ccccc23)nc(N)c1Cl. The maximum atomic E-state index is 11.8. The molecule has 0 fully saturated rings. The molecule has 22 heavy (non-hydrogen) atoms. The number of pyridine rings is 1. The molecule has 0 saturated carbocycles. The predicted octanol–water partition coefficient (Wildman–Crippen LogP) is 2.71. The van der Waals surface area contributed by atoms with Gasteiger partial charge in [-0.2, -0.15) is 0 Å². The zero-order valence-corrected chi connectivity index (χ0v) is 12.3. The zero-order chi connectivity index (χ0) is 15.7. The van der Waals surface area contributed by atoms with Crippen molar-refractivity contribution >= 4 is 34.2 Å². The molecule has 1 aromatic carbocycles. The van der Waals surface area contributed by atoms with Crippen LogP contribution in [-0.4, -0.2) is 28.0 Å². The summed E-state index contributed by atoms with van der Waals surface area (Å²) in [6.07, 6.45) is 3.35. The Balaban J connectivity index is 2.27. The number of anilines is 1. The molecule has 0 unspecified atom stereocenters. The van der Waals surface area contributed by atoms with E-state index in [4.69, 9.17) is 17.3 Å². The second-order valence-electron chi connectivity index (χ2n) is 4.49. The quantitative estimate of drug-likeness (QED) is 0.731. The monoisotopic (exact) mass is 314 g/mol. The maximum Gasteiger partial charge on any atom is 0.358 e. The van der Waals surface area contributed by atoms with Crippen molar-refractivity contribution in [3.8, 4) is 11.4 Å². The van der Waals surface area contributed by atoms with E-state index in [1.165, 1.54) is 7.11 Å². The number of halogens is 1. The molecule has 3 aromatic rings. The highest BCUT2D eigenvalue weighted by atomic mass is 35.5. The zero-order valence-electron chi connectivity index (χ0n) is 11.6. The number of nitrogens with two attached hydrogens (primary N) is 1. The van der Waals surface area contributed by atoms with Crippen LogP contribution in [0.1, 0.15) is 10.5 Å². The van der Waals surface area contributed by atoms with E-state index in [0.717, 1.165) is 10.8 Å². The minimum atomic E-state index is -0.673. The van der Waals surface area contributed by atoms with Crippen LogP contribution < -0.4 is 5.73 Å². The van der Waals surface area contributed by atoms with Gasteiger partial charge < -0.3 is 10.5 Å². The van der Waals surface area contributed by atoms with Crippen molar-refractivity contribution < 1.29 is 9.53 Å². The molecule has 0 atom stereocenters. The number of carbonyl (C=O) groups excluding carboxylic acids is 1. The number of nitrogens with zero attached hydrogens (tertiary/aromatic N) is 3. The first-order valence-corrected chi connectivity index (χ1v) is 6.74. The Morgan fingerprint density at radius 2 is 2.00 bits per heavy atom. The Hall–Kier alpha value is -2.73. The minimum Gasteiger partial charge on any atom is -0.464 e. The van der Waals surface area contributed by atoms with Crippen LogP contribution in [-0.2, 0) is 4.74 Å². The van der Waals surface area contributed by atoms with Crippen LogP contribution in [0.2, 0.25) is 5.02 Å².